The fourth-order valence-electron chi connectivity index (χ4n) is 1.96. The van der Waals surface area contributed by atoms with E-state index in [9.17, 15) is 9.59 Å². The second kappa shape index (κ2) is 7.44. The molecule has 23 heavy (non-hydrogen) atoms. The highest BCUT2D eigenvalue weighted by Crippen LogP contribution is 2.19. The van der Waals surface area contributed by atoms with Gasteiger partial charge in [-0.15, -0.1) is 0 Å². The van der Waals surface area contributed by atoms with Crippen LogP contribution in [0.1, 0.15) is 29.5 Å². The van der Waals surface area contributed by atoms with Crippen LogP contribution in [0.5, 0.6) is 5.75 Å². The topological polar surface area (TPSA) is 90.7 Å². The van der Waals surface area contributed by atoms with Gasteiger partial charge in [-0.05, 0) is 25.5 Å². The summed E-state index contributed by atoms with van der Waals surface area (Å²) in [5.41, 5.74) is 0.263. The number of hydrogen-bond donors (Lipinski definition) is 1. The minimum absolute atomic E-state index is 0.263. The van der Waals surface area contributed by atoms with E-state index in [2.05, 4.69) is 10.5 Å². The number of nitrogens with zero attached hydrogens (tertiary/aromatic N) is 1. The summed E-state index contributed by atoms with van der Waals surface area (Å²) in [5, 5.41) is 6.22. The van der Waals surface area contributed by atoms with Gasteiger partial charge in [0, 0.05) is 6.07 Å². The van der Waals surface area contributed by atoms with E-state index in [-0.39, 0.29) is 11.4 Å². The van der Waals surface area contributed by atoms with Gasteiger partial charge in [-0.1, -0.05) is 24.2 Å². The molecule has 2 aromatic rings. The lowest BCUT2D eigenvalue weighted by atomic mass is 10.2. The minimum atomic E-state index is -0.940. The molecule has 0 aliphatic rings. The van der Waals surface area contributed by atoms with Crippen LogP contribution in [0.25, 0.3) is 0 Å². The van der Waals surface area contributed by atoms with E-state index in [0.717, 1.165) is 0 Å². The van der Waals surface area contributed by atoms with Gasteiger partial charge in [0.05, 0.1) is 7.11 Å². The number of aromatic nitrogens is 1. The highest BCUT2D eigenvalue weighted by Gasteiger charge is 2.24. The third-order valence-electron chi connectivity index (χ3n) is 3.12. The summed E-state index contributed by atoms with van der Waals surface area (Å²) in [6.45, 7) is 3.45. The van der Waals surface area contributed by atoms with Crippen molar-refractivity contribution in [3.63, 3.8) is 0 Å². The first-order valence-electron chi connectivity index (χ1n) is 7.13. The van der Waals surface area contributed by atoms with Crippen LogP contribution in [-0.4, -0.2) is 30.2 Å². The molecule has 7 nitrogen and oxygen atoms in total. The number of amides is 1. The van der Waals surface area contributed by atoms with Crippen molar-refractivity contribution in [2.75, 3.05) is 12.4 Å². The lowest BCUT2D eigenvalue weighted by Gasteiger charge is -2.16. The van der Waals surface area contributed by atoms with Crippen molar-refractivity contribution in [3.8, 4) is 5.75 Å². The van der Waals surface area contributed by atoms with Crippen molar-refractivity contribution < 1.29 is 23.6 Å². The number of esters is 1. The molecule has 1 heterocycles. The number of carbonyl (C=O) groups excluding carboxylic acids is 2. The SMILES string of the molecule is CCC(OC(=O)c1ccccc1OC)C(=O)Nc1cc(C)on1. The Hall–Kier alpha value is -2.83. The molecule has 0 spiro atoms. The second-order valence-corrected chi connectivity index (χ2v) is 4.81. The van der Waals surface area contributed by atoms with Crippen molar-refractivity contribution in [1.82, 2.24) is 5.16 Å². The van der Waals surface area contributed by atoms with Crippen LogP contribution >= 0.6 is 0 Å². The van der Waals surface area contributed by atoms with Crippen molar-refractivity contribution in [3.05, 3.63) is 41.7 Å². The number of para-hydroxylation sites is 1. The lowest BCUT2D eigenvalue weighted by Crippen LogP contribution is -2.32. The number of carbonyl (C=O) groups is 2. The average Bonchev–Trinajstić information content (AvgIpc) is 2.97. The number of benzene rings is 1. The average molecular weight is 318 g/mol. The number of rotatable bonds is 6. The zero-order chi connectivity index (χ0) is 16.8. The number of ether oxygens (including phenoxy) is 2. The summed E-state index contributed by atoms with van der Waals surface area (Å²) in [5.74, 6) is 0.142. The van der Waals surface area contributed by atoms with E-state index in [0.29, 0.717) is 17.9 Å². The molecule has 1 N–H and O–H groups in total. The molecule has 0 saturated heterocycles. The minimum Gasteiger partial charge on any atom is -0.496 e. The normalized spacial score (nSPS) is 11.6. The zero-order valence-electron chi connectivity index (χ0n) is 13.2. The Morgan fingerprint density at radius 1 is 1.35 bits per heavy atom. The first-order chi connectivity index (χ1) is 11.0. The van der Waals surface area contributed by atoms with E-state index >= 15 is 0 Å². The van der Waals surface area contributed by atoms with Crippen LogP contribution < -0.4 is 10.1 Å². The van der Waals surface area contributed by atoms with E-state index < -0.39 is 18.0 Å². The number of hydrogen-bond acceptors (Lipinski definition) is 6. The van der Waals surface area contributed by atoms with Crippen LogP contribution in [0.3, 0.4) is 0 Å². The van der Waals surface area contributed by atoms with Crippen LogP contribution in [0.2, 0.25) is 0 Å². The standard InChI is InChI=1S/C16H18N2O5/c1-4-12(15(19)17-14-9-10(2)23-18-14)22-16(20)11-7-5-6-8-13(11)21-3/h5-9,12H,4H2,1-3H3,(H,17,18,19). The predicted molar refractivity (Wildman–Crippen MR) is 82.4 cm³/mol. The van der Waals surface area contributed by atoms with Gasteiger partial charge < -0.3 is 19.3 Å². The molecule has 0 saturated carbocycles. The smallest absolute Gasteiger partial charge is 0.342 e. The number of anilines is 1. The van der Waals surface area contributed by atoms with Crippen molar-refractivity contribution in [2.24, 2.45) is 0 Å². The van der Waals surface area contributed by atoms with E-state index in [1.807, 2.05) is 0 Å². The van der Waals surface area contributed by atoms with Crippen molar-refractivity contribution in [2.45, 2.75) is 26.4 Å². The molecule has 7 heteroatoms. The molecular weight excluding hydrogens is 300 g/mol. The Bertz CT molecular complexity index is 695. The second-order valence-electron chi connectivity index (χ2n) is 4.81. The molecule has 0 fully saturated rings. The Kier molecular flexibility index (Phi) is 5.35. The summed E-state index contributed by atoms with van der Waals surface area (Å²) in [6.07, 6.45) is -0.617. The third kappa shape index (κ3) is 4.09. The molecular formula is C16H18N2O5. The van der Waals surface area contributed by atoms with Crippen LogP contribution in [0.15, 0.2) is 34.9 Å². The van der Waals surface area contributed by atoms with Gasteiger partial charge in [-0.25, -0.2) is 4.79 Å². The summed E-state index contributed by atoms with van der Waals surface area (Å²) >= 11 is 0. The molecule has 1 unspecified atom stereocenters. The van der Waals surface area contributed by atoms with Crippen LogP contribution in [0.4, 0.5) is 5.82 Å². The van der Waals surface area contributed by atoms with E-state index in [1.54, 1.807) is 44.2 Å². The maximum atomic E-state index is 12.2. The maximum Gasteiger partial charge on any atom is 0.342 e. The first-order valence-corrected chi connectivity index (χ1v) is 7.13. The van der Waals surface area contributed by atoms with Gasteiger partial charge in [0.1, 0.15) is 17.1 Å². The zero-order valence-corrected chi connectivity index (χ0v) is 13.2. The highest BCUT2D eigenvalue weighted by atomic mass is 16.5. The quantitative estimate of drug-likeness (QED) is 0.823. The Labute approximate surface area is 133 Å². The maximum absolute atomic E-state index is 12.2. The van der Waals surface area contributed by atoms with Crippen molar-refractivity contribution in [1.29, 1.82) is 0 Å². The Morgan fingerprint density at radius 2 is 2.09 bits per heavy atom. The first kappa shape index (κ1) is 16.5. The predicted octanol–water partition coefficient (Wildman–Crippen LogP) is 2.57. The Morgan fingerprint density at radius 3 is 2.70 bits per heavy atom. The van der Waals surface area contributed by atoms with Crippen LogP contribution in [-0.2, 0) is 9.53 Å². The number of aryl methyl sites for hydroxylation is 1. The largest absolute Gasteiger partial charge is 0.496 e. The fourth-order valence-corrected chi connectivity index (χ4v) is 1.96. The van der Waals surface area contributed by atoms with Gasteiger partial charge in [0.2, 0.25) is 0 Å². The summed E-state index contributed by atoms with van der Waals surface area (Å²) in [4.78, 5) is 24.4. The number of nitrogens with one attached hydrogen (secondary N) is 1. The van der Waals surface area contributed by atoms with Crippen LogP contribution in [0, 0.1) is 6.92 Å². The lowest BCUT2D eigenvalue weighted by molar-refractivity contribution is -0.124. The molecule has 1 aromatic heterocycles. The molecule has 2 rings (SSSR count). The molecule has 1 atom stereocenters. The summed E-state index contributed by atoms with van der Waals surface area (Å²) in [7, 11) is 1.46. The van der Waals surface area contributed by atoms with Gasteiger partial charge in [-0.2, -0.15) is 0 Å². The fraction of sp³-hybridized carbons (Fsp3) is 0.312. The van der Waals surface area contributed by atoms with Gasteiger partial charge >= 0.3 is 5.97 Å². The summed E-state index contributed by atoms with van der Waals surface area (Å²) in [6, 6.07) is 8.24. The Balaban J connectivity index is 2.06. The van der Waals surface area contributed by atoms with E-state index in [1.165, 1.54) is 7.11 Å². The molecule has 1 aromatic carbocycles. The highest BCUT2D eigenvalue weighted by molar-refractivity contribution is 5.98. The molecule has 0 bridgehead atoms. The number of methoxy groups -OCH3 is 1. The van der Waals surface area contributed by atoms with Gasteiger partial charge in [0.15, 0.2) is 11.9 Å². The molecule has 0 aliphatic carbocycles. The van der Waals surface area contributed by atoms with Crippen molar-refractivity contribution >= 4 is 17.7 Å². The summed E-state index contributed by atoms with van der Waals surface area (Å²) < 4.78 is 15.3. The van der Waals surface area contributed by atoms with Gasteiger partial charge in [-0.3, -0.25) is 4.79 Å². The monoisotopic (exact) mass is 318 g/mol. The molecule has 0 aliphatic heterocycles. The molecule has 0 radical (unpaired) electrons. The molecule has 1 amide bonds. The van der Waals surface area contributed by atoms with Gasteiger partial charge in [0.25, 0.3) is 5.91 Å². The van der Waals surface area contributed by atoms with E-state index in [4.69, 9.17) is 14.0 Å². The molecule has 122 valence electrons. The third-order valence-corrected chi connectivity index (χ3v) is 3.12.